The van der Waals surface area contributed by atoms with Gasteiger partial charge in [-0.2, -0.15) is 0 Å². The lowest BCUT2D eigenvalue weighted by Gasteiger charge is -2.27. The Morgan fingerprint density at radius 3 is 2.61 bits per heavy atom. The lowest BCUT2D eigenvalue weighted by Crippen LogP contribution is -2.36. The van der Waals surface area contributed by atoms with Crippen molar-refractivity contribution in [3.8, 4) is 28.0 Å². The molecule has 2 aliphatic heterocycles. The van der Waals surface area contributed by atoms with Gasteiger partial charge in [-0.25, -0.2) is 0 Å². The maximum Gasteiger partial charge on any atom is 0.200 e. The van der Waals surface area contributed by atoms with E-state index in [2.05, 4.69) is 64.2 Å². The molecular formula is C34H37N3O4. The molecule has 3 heterocycles. The Hall–Kier alpha value is -3.65. The Balaban J connectivity index is 1.26. The molecule has 0 spiro atoms. The van der Waals surface area contributed by atoms with E-state index in [0.717, 1.165) is 61.6 Å². The van der Waals surface area contributed by atoms with Crippen LogP contribution in [0.4, 0.5) is 5.88 Å². The number of likely N-dealkylation sites (N-methyl/N-ethyl adjacent to an activating group) is 1. The second-order valence-electron chi connectivity index (χ2n) is 11.4. The van der Waals surface area contributed by atoms with Crippen LogP contribution in [0.15, 0.2) is 69.9 Å². The highest BCUT2D eigenvalue weighted by molar-refractivity contribution is 5.97. The second-order valence-corrected chi connectivity index (χ2v) is 11.4. The molecule has 0 N–H and O–H groups in total. The fourth-order valence-corrected chi connectivity index (χ4v) is 6.51. The highest BCUT2D eigenvalue weighted by atomic mass is 16.5. The maximum absolute atomic E-state index is 13.2. The van der Waals surface area contributed by atoms with Gasteiger partial charge in [0.15, 0.2) is 11.3 Å². The van der Waals surface area contributed by atoms with Crippen LogP contribution in [-0.2, 0) is 11.2 Å². The molecule has 0 unspecified atom stereocenters. The van der Waals surface area contributed by atoms with E-state index in [-0.39, 0.29) is 5.43 Å². The number of fused-ring (bicyclic) bond motifs is 4. The predicted molar refractivity (Wildman–Crippen MR) is 163 cm³/mol. The van der Waals surface area contributed by atoms with Crippen LogP contribution in [0.2, 0.25) is 0 Å². The summed E-state index contributed by atoms with van der Waals surface area (Å²) in [7, 11) is 2.20. The molecule has 4 aromatic rings. The molecule has 2 fully saturated rings. The summed E-state index contributed by atoms with van der Waals surface area (Å²) in [4.78, 5) is 20.2. The number of hydrogen-bond donors (Lipinski definition) is 0. The standard InChI is InChI=1S/C34H37N3O4/c1-35-12-5-13-36(15-14-35)16-21-40-31-11-10-26(29-22-24-6-2-3-7-25(24)33(29)31)27-8-4-9-28-30(38)23-32(41-34(27)28)37-17-19-39-20-18-37/h2-4,6-11,23H,5,12-22H2,1H3. The third kappa shape index (κ3) is 5.14. The minimum atomic E-state index is -0.0193. The molecule has 0 bridgehead atoms. The first-order chi connectivity index (χ1) is 20.2. The lowest BCUT2D eigenvalue weighted by atomic mass is 9.93. The van der Waals surface area contributed by atoms with Gasteiger partial charge in [0.1, 0.15) is 17.9 Å². The lowest BCUT2D eigenvalue weighted by molar-refractivity contribution is 0.121. The van der Waals surface area contributed by atoms with Crippen LogP contribution >= 0.6 is 0 Å². The van der Waals surface area contributed by atoms with Crippen molar-refractivity contribution in [2.45, 2.75) is 12.8 Å². The molecule has 7 heteroatoms. The minimum absolute atomic E-state index is 0.0193. The molecule has 1 aromatic heterocycles. The molecule has 3 aromatic carbocycles. The molecule has 212 valence electrons. The van der Waals surface area contributed by atoms with Gasteiger partial charge in [-0.05, 0) is 67.4 Å². The number of para-hydroxylation sites is 1. The fraction of sp³-hybridized carbons (Fsp3) is 0.382. The van der Waals surface area contributed by atoms with Crippen molar-refractivity contribution in [1.82, 2.24) is 9.80 Å². The van der Waals surface area contributed by atoms with Gasteiger partial charge in [0.2, 0.25) is 0 Å². The van der Waals surface area contributed by atoms with Gasteiger partial charge in [-0.15, -0.1) is 0 Å². The minimum Gasteiger partial charge on any atom is -0.492 e. The molecule has 0 amide bonds. The number of morpholine rings is 1. The van der Waals surface area contributed by atoms with Gasteiger partial charge in [0, 0.05) is 49.9 Å². The van der Waals surface area contributed by atoms with Gasteiger partial charge in [-0.3, -0.25) is 9.69 Å². The van der Waals surface area contributed by atoms with E-state index in [1.807, 2.05) is 12.1 Å². The van der Waals surface area contributed by atoms with Gasteiger partial charge in [-0.1, -0.05) is 42.5 Å². The van der Waals surface area contributed by atoms with Gasteiger partial charge >= 0.3 is 0 Å². The Kier molecular flexibility index (Phi) is 7.25. The smallest absolute Gasteiger partial charge is 0.200 e. The first kappa shape index (κ1) is 26.3. The van der Waals surface area contributed by atoms with Gasteiger partial charge < -0.3 is 23.7 Å². The van der Waals surface area contributed by atoms with Crippen LogP contribution in [-0.4, -0.2) is 82.5 Å². The number of anilines is 1. The van der Waals surface area contributed by atoms with Crippen molar-refractivity contribution in [1.29, 1.82) is 0 Å². The summed E-state index contributed by atoms with van der Waals surface area (Å²) in [6, 6.07) is 20.4. The first-order valence-electron chi connectivity index (χ1n) is 14.8. The highest BCUT2D eigenvalue weighted by Crippen LogP contribution is 2.47. The number of hydrogen-bond acceptors (Lipinski definition) is 7. The molecule has 7 nitrogen and oxygen atoms in total. The molecule has 41 heavy (non-hydrogen) atoms. The molecule has 7 rings (SSSR count). The average Bonchev–Trinajstić information content (AvgIpc) is 3.28. The summed E-state index contributed by atoms with van der Waals surface area (Å²) < 4.78 is 18.6. The molecule has 1 aliphatic carbocycles. The van der Waals surface area contributed by atoms with E-state index in [9.17, 15) is 4.79 Å². The van der Waals surface area contributed by atoms with Crippen LogP contribution < -0.4 is 15.1 Å². The Bertz CT molecular complexity index is 1620. The largest absolute Gasteiger partial charge is 0.492 e. The summed E-state index contributed by atoms with van der Waals surface area (Å²) in [6.45, 7) is 8.72. The SMILES string of the molecule is CN1CCCN(CCOc2ccc(-c3cccc4c(=O)cc(N5CCOCC5)oc34)c3c2-c2ccccc2C3)CC1. The van der Waals surface area contributed by atoms with Crippen LogP contribution in [0.25, 0.3) is 33.2 Å². The van der Waals surface area contributed by atoms with Crippen molar-refractivity contribution in [3.05, 3.63) is 82.0 Å². The van der Waals surface area contributed by atoms with Gasteiger partial charge in [0.05, 0.1) is 18.6 Å². The normalized spacial score (nSPS) is 17.8. The summed E-state index contributed by atoms with van der Waals surface area (Å²) >= 11 is 0. The molecule has 2 saturated heterocycles. The van der Waals surface area contributed by atoms with Gasteiger partial charge in [0.25, 0.3) is 0 Å². The Morgan fingerprint density at radius 1 is 0.854 bits per heavy atom. The summed E-state index contributed by atoms with van der Waals surface area (Å²) in [5.74, 6) is 1.54. The van der Waals surface area contributed by atoms with Crippen molar-refractivity contribution < 1.29 is 13.9 Å². The second kappa shape index (κ2) is 11.3. The summed E-state index contributed by atoms with van der Waals surface area (Å²) in [5, 5.41) is 0.604. The van der Waals surface area contributed by atoms with Crippen molar-refractivity contribution in [2.24, 2.45) is 0 Å². The number of benzene rings is 3. The quantitative estimate of drug-likeness (QED) is 0.298. The highest BCUT2D eigenvalue weighted by Gasteiger charge is 2.27. The Morgan fingerprint density at radius 2 is 1.71 bits per heavy atom. The zero-order chi connectivity index (χ0) is 27.8. The topological polar surface area (TPSA) is 58.4 Å². The van der Waals surface area contributed by atoms with E-state index in [1.165, 1.54) is 23.1 Å². The van der Waals surface area contributed by atoms with Crippen LogP contribution in [0.1, 0.15) is 17.5 Å². The molecular weight excluding hydrogens is 514 g/mol. The van der Waals surface area contributed by atoms with Crippen LogP contribution in [0, 0.1) is 0 Å². The monoisotopic (exact) mass is 551 g/mol. The zero-order valence-electron chi connectivity index (χ0n) is 23.7. The van der Waals surface area contributed by atoms with Crippen LogP contribution in [0.5, 0.6) is 5.75 Å². The van der Waals surface area contributed by atoms with E-state index in [0.29, 0.717) is 49.8 Å². The summed E-state index contributed by atoms with van der Waals surface area (Å²) in [5.41, 5.74) is 7.57. The fourth-order valence-electron chi connectivity index (χ4n) is 6.51. The van der Waals surface area contributed by atoms with Crippen molar-refractivity contribution in [2.75, 3.05) is 77.6 Å². The molecule has 0 saturated carbocycles. The zero-order valence-corrected chi connectivity index (χ0v) is 23.7. The average molecular weight is 552 g/mol. The Labute approximate surface area is 240 Å². The van der Waals surface area contributed by atoms with E-state index >= 15 is 0 Å². The van der Waals surface area contributed by atoms with E-state index < -0.39 is 0 Å². The van der Waals surface area contributed by atoms with Crippen molar-refractivity contribution in [3.63, 3.8) is 0 Å². The number of rotatable bonds is 6. The maximum atomic E-state index is 13.2. The van der Waals surface area contributed by atoms with E-state index in [4.69, 9.17) is 13.9 Å². The third-order valence-corrected chi connectivity index (χ3v) is 8.76. The van der Waals surface area contributed by atoms with Crippen molar-refractivity contribution >= 4 is 16.9 Å². The number of ether oxygens (including phenoxy) is 2. The predicted octanol–water partition coefficient (Wildman–Crippen LogP) is 4.88. The molecule has 0 atom stereocenters. The number of nitrogens with zero attached hydrogens (tertiary/aromatic N) is 3. The summed E-state index contributed by atoms with van der Waals surface area (Å²) in [6.07, 6.45) is 2.02. The third-order valence-electron chi connectivity index (χ3n) is 8.76. The molecule has 3 aliphatic rings. The first-order valence-corrected chi connectivity index (χ1v) is 14.8. The van der Waals surface area contributed by atoms with E-state index in [1.54, 1.807) is 6.07 Å². The van der Waals surface area contributed by atoms with Crippen LogP contribution in [0.3, 0.4) is 0 Å². The molecule has 0 radical (unpaired) electrons.